The van der Waals surface area contributed by atoms with Crippen LogP contribution in [0.1, 0.15) is 82.7 Å². The lowest BCUT2D eigenvalue weighted by molar-refractivity contribution is -0.145. The average molecular weight is 746 g/mol. The number of carbonyl (C=O) groups is 4. The Kier molecular flexibility index (Phi) is 10.1. The zero-order chi connectivity index (χ0) is 37.5. The summed E-state index contributed by atoms with van der Waals surface area (Å²) < 4.78 is 17.7. The topological polar surface area (TPSA) is 169 Å². The number of carboxylic acid groups (broad SMARTS) is 1. The van der Waals surface area contributed by atoms with Gasteiger partial charge in [0.2, 0.25) is 11.8 Å². The molecule has 5 atom stereocenters. The van der Waals surface area contributed by atoms with Gasteiger partial charge in [0.05, 0.1) is 24.9 Å². The third kappa shape index (κ3) is 7.83. The van der Waals surface area contributed by atoms with Crippen LogP contribution in [0.3, 0.4) is 0 Å². The van der Waals surface area contributed by atoms with Gasteiger partial charge in [-0.25, -0.2) is 19.6 Å². The zero-order valence-electron chi connectivity index (χ0n) is 30.6. The number of methoxy groups -OCH3 is 1. The van der Waals surface area contributed by atoms with Crippen LogP contribution in [0.15, 0.2) is 36.4 Å². The molecule has 3 N–H and O–H groups in total. The number of ether oxygens (including phenoxy) is 3. The summed E-state index contributed by atoms with van der Waals surface area (Å²) in [6, 6.07) is 5.37. The van der Waals surface area contributed by atoms with Crippen LogP contribution in [0.5, 0.6) is 11.5 Å². The van der Waals surface area contributed by atoms with Crippen LogP contribution in [-0.4, -0.2) is 86.8 Å². The Morgan fingerprint density at radius 2 is 1.92 bits per heavy atom. The lowest BCUT2D eigenvalue weighted by Crippen LogP contribution is -2.56. The summed E-state index contributed by atoms with van der Waals surface area (Å²) in [7, 11) is 1.59. The molecule has 2 aliphatic carbocycles. The van der Waals surface area contributed by atoms with Crippen LogP contribution in [0.2, 0.25) is 0 Å². The molecule has 1 unspecified atom stereocenters. The van der Waals surface area contributed by atoms with E-state index >= 15 is 0 Å². The number of aryl methyl sites for hydroxylation is 2. The zero-order valence-corrected chi connectivity index (χ0v) is 31.4. The molecule has 0 radical (unpaired) electrons. The molecule has 3 aromatic rings. The summed E-state index contributed by atoms with van der Waals surface area (Å²) in [5.41, 5.74) is 0.173. The fraction of sp³-hybridized carbons (Fsp3) is 0.538. The second-order valence-electron chi connectivity index (χ2n) is 15.5. The Bertz CT molecular complexity index is 1930. The van der Waals surface area contributed by atoms with E-state index in [1.54, 1.807) is 39.2 Å². The Balaban J connectivity index is 1.22. The number of allylic oxidation sites excluding steroid dienone is 1. The molecular formula is C39H47N5O8S. The first-order valence-electron chi connectivity index (χ1n) is 18.5. The maximum absolute atomic E-state index is 14.5. The monoisotopic (exact) mass is 745 g/mol. The van der Waals surface area contributed by atoms with Crippen LogP contribution in [0, 0.1) is 5.92 Å². The number of alkyl carbamates (subject to hydrolysis) is 1. The molecule has 1 saturated heterocycles. The number of nitrogens with one attached hydrogen (secondary N) is 2. The van der Waals surface area contributed by atoms with E-state index in [1.807, 2.05) is 36.4 Å². The minimum Gasteiger partial charge on any atom is -0.497 e. The predicted octanol–water partition coefficient (Wildman–Crippen LogP) is 5.58. The van der Waals surface area contributed by atoms with Crippen molar-refractivity contribution >= 4 is 46.1 Å². The first-order valence-corrected chi connectivity index (χ1v) is 19.3. The summed E-state index contributed by atoms with van der Waals surface area (Å²) in [6.07, 6.45) is 9.26. The Morgan fingerprint density at radius 3 is 2.68 bits per heavy atom. The normalized spacial score (nSPS) is 26.1. The van der Waals surface area contributed by atoms with Crippen molar-refractivity contribution < 1.29 is 38.5 Å². The lowest BCUT2D eigenvalue weighted by atomic mass is 10.0. The molecule has 14 heteroatoms. The standard InChI is InChI=1S/C39H47N5O8S/c1-38(2,3)52-37(49)42-27-12-9-7-5-6-8-11-22-20-39(22,36(47)48)43-33(45)30-18-24(21-44(30)35(27)46)51-31-19-29(34-41-26-13-10-14-32(26)53-34)40-28-17-23(50-4)15-16-25(28)31/h8,11,15-17,19,22,24,27,30H,5-7,9-10,12-14,18,20-21H2,1-4H3,(H,42,49)(H,43,45)(H,47,48)/t22-,24?,27+,30+,39-/m1/s1. The van der Waals surface area contributed by atoms with Crippen LogP contribution in [-0.2, 0) is 32.0 Å². The first-order chi connectivity index (χ1) is 25.3. The van der Waals surface area contributed by atoms with Gasteiger partial charge in [-0.2, -0.15) is 0 Å². The maximum atomic E-state index is 14.5. The fourth-order valence-electron chi connectivity index (χ4n) is 7.59. The van der Waals surface area contributed by atoms with Crippen molar-refractivity contribution in [3.8, 4) is 22.2 Å². The SMILES string of the molecule is COc1ccc2c(OC3C[C@H]4C(=O)N[C@]5(C(=O)O)C[C@H]5C=CCCCCC[C@H](NC(=O)OC(C)(C)C)C(=O)N4C3)cc(-c3nc4c(s3)CCC4)nc2c1. The van der Waals surface area contributed by atoms with E-state index in [2.05, 4.69) is 10.6 Å². The van der Waals surface area contributed by atoms with E-state index in [-0.39, 0.29) is 25.3 Å². The highest BCUT2D eigenvalue weighted by Crippen LogP contribution is 2.46. The summed E-state index contributed by atoms with van der Waals surface area (Å²) in [5, 5.41) is 17.3. The molecule has 1 saturated carbocycles. The van der Waals surface area contributed by atoms with Gasteiger partial charge in [-0.3, -0.25) is 9.59 Å². The molecule has 282 valence electrons. The quantitative estimate of drug-likeness (QED) is 0.271. The smallest absolute Gasteiger partial charge is 0.408 e. The molecule has 4 heterocycles. The Hall–Kier alpha value is -4.72. The number of pyridine rings is 1. The molecule has 2 aliphatic heterocycles. The molecule has 2 aromatic heterocycles. The van der Waals surface area contributed by atoms with Gasteiger partial charge in [0, 0.05) is 34.7 Å². The van der Waals surface area contributed by atoms with E-state index in [0.29, 0.717) is 35.6 Å². The van der Waals surface area contributed by atoms with Gasteiger partial charge in [-0.15, -0.1) is 11.3 Å². The number of fused-ring (bicyclic) bond motifs is 4. The average Bonchev–Trinajstić information content (AvgIpc) is 3.42. The Morgan fingerprint density at radius 1 is 1.09 bits per heavy atom. The summed E-state index contributed by atoms with van der Waals surface area (Å²) >= 11 is 1.63. The van der Waals surface area contributed by atoms with Crippen molar-refractivity contribution in [3.05, 3.63) is 47.0 Å². The highest BCUT2D eigenvalue weighted by atomic mass is 32.1. The minimum atomic E-state index is -1.45. The van der Waals surface area contributed by atoms with Gasteiger partial charge >= 0.3 is 12.1 Å². The number of carboxylic acids is 1. The van der Waals surface area contributed by atoms with Gasteiger partial charge in [0.1, 0.15) is 51.5 Å². The predicted molar refractivity (Wildman–Crippen MR) is 198 cm³/mol. The molecule has 7 rings (SSSR count). The lowest BCUT2D eigenvalue weighted by Gasteiger charge is -2.30. The number of amides is 3. The van der Waals surface area contributed by atoms with E-state index in [1.165, 1.54) is 9.78 Å². The molecule has 53 heavy (non-hydrogen) atoms. The molecule has 1 aromatic carbocycles. The van der Waals surface area contributed by atoms with Gasteiger partial charge < -0.3 is 34.9 Å². The van der Waals surface area contributed by atoms with Crippen molar-refractivity contribution in [2.75, 3.05) is 13.7 Å². The van der Waals surface area contributed by atoms with Gasteiger partial charge in [-0.1, -0.05) is 25.0 Å². The van der Waals surface area contributed by atoms with Crippen molar-refractivity contribution in [2.45, 2.75) is 114 Å². The van der Waals surface area contributed by atoms with E-state index in [9.17, 15) is 24.3 Å². The highest BCUT2D eigenvalue weighted by Gasteiger charge is 2.61. The summed E-state index contributed by atoms with van der Waals surface area (Å²) in [5.74, 6) is -1.34. The number of nitrogens with zero attached hydrogens (tertiary/aromatic N) is 3. The number of aliphatic carboxylic acids is 1. The fourth-order valence-corrected chi connectivity index (χ4v) is 8.70. The van der Waals surface area contributed by atoms with Gasteiger partial charge in [-0.05, 0) is 77.8 Å². The summed E-state index contributed by atoms with van der Waals surface area (Å²) in [4.78, 5) is 66.6. The van der Waals surface area contributed by atoms with Gasteiger partial charge in [0.25, 0.3) is 0 Å². The largest absolute Gasteiger partial charge is 0.497 e. The molecular weight excluding hydrogens is 699 g/mol. The van der Waals surface area contributed by atoms with E-state index < -0.39 is 53.2 Å². The van der Waals surface area contributed by atoms with Crippen LogP contribution < -0.4 is 20.1 Å². The first kappa shape index (κ1) is 36.6. The van der Waals surface area contributed by atoms with Crippen molar-refractivity contribution in [1.82, 2.24) is 25.5 Å². The number of hydrogen-bond acceptors (Lipinski definition) is 10. The summed E-state index contributed by atoms with van der Waals surface area (Å²) in [6.45, 7) is 5.27. The highest BCUT2D eigenvalue weighted by molar-refractivity contribution is 7.15. The van der Waals surface area contributed by atoms with Crippen molar-refractivity contribution in [3.63, 3.8) is 0 Å². The molecule has 4 aliphatic rings. The van der Waals surface area contributed by atoms with Crippen molar-refractivity contribution in [2.24, 2.45) is 5.92 Å². The molecule has 13 nitrogen and oxygen atoms in total. The van der Waals surface area contributed by atoms with Crippen LogP contribution >= 0.6 is 11.3 Å². The van der Waals surface area contributed by atoms with Gasteiger partial charge in [0.15, 0.2) is 0 Å². The minimum absolute atomic E-state index is 0.0354. The number of carbonyl (C=O) groups excluding carboxylic acids is 3. The van der Waals surface area contributed by atoms with Crippen LogP contribution in [0.4, 0.5) is 4.79 Å². The molecule has 2 fully saturated rings. The number of rotatable bonds is 6. The number of aromatic nitrogens is 2. The molecule has 0 spiro atoms. The second kappa shape index (κ2) is 14.6. The van der Waals surface area contributed by atoms with E-state index in [4.69, 9.17) is 24.2 Å². The molecule has 0 bridgehead atoms. The third-order valence-corrected chi connectivity index (χ3v) is 11.6. The number of benzene rings is 1. The van der Waals surface area contributed by atoms with Crippen LogP contribution in [0.25, 0.3) is 21.6 Å². The van der Waals surface area contributed by atoms with E-state index in [0.717, 1.165) is 54.6 Å². The second-order valence-corrected chi connectivity index (χ2v) is 16.5. The van der Waals surface area contributed by atoms with Crippen molar-refractivity contribution in [1.29, 1.82) is 0 Å². The Labute approximate surface area is 312 Å². The third-order valence-electron chi connectivity index (χ3n) is 10.4. The number of hydrogen-bond donors (Lipinski definition) is 3. The molecule has 3 amide bonds. The maximum Gasteiger partial charge on any atom is 0.408 e. The number of thiazole rings is 1.